The molecule has 4 heteroatoms. The topological polar surface area (TPSA) is 29.1 Å². The number of carbonyl (C=O) groups is 1. The molecule has 1 aromatic carbocycles. The molecule has 0 aliphatic heterocycles. The summed E-state index contributed by atoms with van der Waals surface area (Å²) in [5.74, 6) is 1.67. The lowest BCUT2D eigenvalue weighted by atomic mass is 10.1. The van der Waals surface area contributed by atoms with Crippen LogP contribution in [0.4, 0.5) is 0 Å². The lowest BCUT2D eigenvalue weighted by molar-refractivity contribution is -0.116. The second-order valence-corrected chi connectivity index (χ2v) is 7.94. The zero-order chi connectivity index (χ0) is 17.7. The van der Waals surface area contributed by atoms with Gasteiger partial charge in [0.15, 0.2) is 0 Å². The van der Waals surface area contributed by atoms with Crippen molar-refractivity contribution >= 4 is 37.8 Å². The number of hydrogen-bond acceptors (Lipinski definition) is 1. The molecule has 0 bridgehead atoms. The molecule has 1 fully saturated rings. The monoisotopic (exact) mass is 451 g/mol. The quantitative estimate of drug-likeness (QED) is 0.332. The predicted octanol–water partition coefficient (Wildman–Crippen LogP) is 5.76. The number of allylic oxidation sites excluding steroid dienone is 4. The van der Waals surface area contributed by atoms with E-state index in [9.17, 15) is 4.79 Å². The van der Waals surface area contributed by atoms with Crippen molar-refractivity contribution in [1.82, 2.24) is 5.32 Å². The Morgan fingerprint density at radius 2 is 2.00 bits per heavy atom. The molecule has 0 spiro atoms. The van der Waals surface area contributed by atoms with Gasteiger partial charge in [-0.1, -0.05) is 42.9 Å². The zero-order valence-corrected chi connectivity index (χ0v) is 17.4. The van der Waals surface area contributed by atoms with E-state index in [1.54, 1.807) is 6.08 Å². The average Bonchev–Trinajstić information content (AvgIpc) is 3.21. The Hall–Kier alpha value is -1.13. The molecule has 2 nitrogen and oxygen atoms in total. The van der Waals surface area contributed by atoms with Crippen molar-refractivity contribution < 1.29 is 4.79 Å². The number of nitrogens with one attached hydrogen (secondary N) is 1. The van der Waals surface area contributed by atoms with Crippen LogP contribution in [0, 0.1) is 11.8 Å². The molecular formula is C20H23Br2NO. The van der Waals surface area contributed by atoms with E-state index in [2.05, 4.69) is 68.4 Å². The van der Waals surface area contributed by atoms with Crippen LogP contribution >= 0.6 is 31.9 Å². The van der Waals surface area contributed by atoms with Gasteiger partial charge >= 0.3 is 0 Å². The van der Waals surface area contributed by atoms with Crippen LogP contribution < -0.4 is 5.32 Å². The standard InChI is InChI=1S/C20H23Br2NO/c1-4-13(2)12-23-19(24)8-6-5-7-16-14(3)20(16)15-9-10-17(21)18(22)11-15/h4-11,14,16,20H,12H2,1-3H3,(H,23,24)/b7-5+,8-6+,13-4+. The van der Waals surface area contributed by atoms with Gasteiger partial charge in [-0.05, 0) is 81.2 Å². The molecule has 1 aliphatic rings. The fourth-order valence-electron chi connectivity index (χ4n) is 2.76. The van der Waals surface area contributed by atoms with Crippen LogP contribution in [0.1, 0.15) is 32.3 Å². The van der Waals surface area contributed by atoms with Gasteiger partial charge in [0, 0.05) is 21.6 Å². The number of rotatable bonds is 6. The SMILES string of the molecule is C/C=C(\C)CNC(=O)/C=C/C=C/C1C(C)C1c1ccc(Br)c(Br)c1. The minimum atomic E-state index is -0.0573. The maximum atomic E-state index is 11.7. The second-order valence-electron chi connectivity index (χ2n) is 6.23. The van der Waals surface area contributed by atoms with Crippen molar-refractivity contribution in [2.75, 3.05) is 6.54 Å². The molecule has 24 heavy (non-hydrogen) atoms. The van der Waals surface area contributed by atoms with E-state index in [1.165, 1.54) is 5.56 Å². The summed E-state index contributed by atoms with van der Waals surface area (Å²) in [6.07, 6.45) is 9.58. The van der Waals surface area contributed by atoms with Crippen molar-refractivity contribution in [2.45, 2.75) is 26.7 Å². The highest BCUT2D eigenvalue weighted by molar-refractivity contribution is 9.13. The van der Waals surface area contributed by atoms with Crippen LogP contribution in [0.2, 0.25) is 0 Å². The molecule has 0 saturated heterocycles. The minimum Gasteiger partial charge on any atom is -0.349 e. The first kappa shape index (κ1) is 19.2. The third-order valence-electron chi connectivity index (χ3n) is 4.50. The van der Waals surface area contributed by atoms with Gasteiger partial charge in [0.05, 0.1) is 0 Å². The molecule has 128 valence electrons. The molecule has 1 aromatic rings. The third-order valence-corrected chi connectivity index (χ3v) is 6.38. The predicted molar refractivity (Wildman–Crippen MR) is 108 cm³/mol. The van der Waals surface area contributed by atoms with Gasteiger partial charge in [-0.15, -0.1) is 0 Å². The minimum absolute atomic E-state index is 0.0573. The Bertz CT molecular complexity index is 691. The summed E-state index contributed by atoms with van der Waals surface area (Å²) in [5, 5.41) is 2.85. The lowest BCUT2D eigenvalue weighted by Gasteiger charge is -2.02. The molecule has 2 rings (SSSR count). The molecule has 3 atom stereocenters. The first-order valence-electron chi connectivity index (χ1n) is 8.13. The number of amides is 1. The molecule has 0 radical (unpaired) electrons. The van der Waals surface area contributed by atoms with Gasteiger partial charge in [0.1, 0.15) is 0 Å². The van der Waals surface area contributed by atoms with Gasteiger partial charge in [-0.3, -0.25) is 4.79 Å². The van der Waals surface area contributed by atoms with E-state index in [-0.39, 0.29) is 5.91 Å². The number of halogens is 2. The molecular weight excluding hydrogens is 430 g/mol. The van der Waals surface area contributed by atoms with Crippen LogP contribution in [0.3, 0.4) is 0 Å². The van der Waals surface area contributed by atoms with E-state index < -0.39 is 0 Å². The summed E-state index contributed by atoms with van der Waals surface area (Å²) in [4.78, 5) is 11.7. The van der Waals surface area contributed by atoms with Crippen LogP contribution in [-0.2, 0) is 4.79 Å². The van der Waals surface area contributed by atoms with Crippen LogP contribution in [0.25, 0.3) is 0 Å². The van der Waals surface area contributed by atoms with Crippen LogP contribution in [0.15, 0.2) is 63.1 Å². The maximum Gasteiger partial charge on any atom is 0.244 e. The van der Waals surface area contributed by atoms with Crippen molar-refractivity contribution in [3.63, 3.8) is 0 Å². The summed E-state index contributed by atoms with van der Waals surface area (Å²) < 4.78 is 2.17. The summed E-state index contributed by atoms with van der Waals surface area (Å²) >= 11 is 7.08. The Kier molecular flexibility index (Phi) is 7.05. The van der Waals surface area contributed by atoms with E-state index in [0.29, 0.717) is 24.3 Å². The highest BCUT2D eigenvalue weighted by Crippen LogP contribution is 2.55. The van der Waals surface area contributed by atoms with Crippen molar-refractivity contribution in [2.24, 2.45) is 11.8 Å². The summed E-state index contributed by atoms with van der Waals surface area (Å²) in [5.41, 5.74) is 2.51. The number of hydrogen-bond donors (Lipinski definition) is 1. The van der Waals surface area contributed by atoms with Crippen molar-refractivity contribution in [3.05, 3.63) is 68.7 Å². The fraction of sp³-hybridized carbons (Fsp3) is 0.350. The highest BCUT2D eigenvalue weighted by Gasteiger charge is 2.45. The van der Waals surface area contributed by atoms with Crippen molar-refractivity contribution in [3.8, 4) is 0 Å². The van der Waals surface area contributed by atoms with Gasteiger partial charge in [0.25, 0.3) is 0 Å². The highest BCUT2D eigenvalue weighted by atomic mass is 79.9. The van der Waals surface area contributed by atoms with E-state index >= 15 is 0 Å². The van der Waals surface area contributed by atoms with Crippen LogP contribution in [0.5, 0.6) is 0 Å². The number of benzene rings is 1. The summed E-state index contributed by atoms with van der Waals surface area (Å²) in [6.45, 7) is 6.84. The molecule has 1 saturated carbocycles. The second kappa shape index (κ2) is 8.82. The molecule has 1 N–H and O–H groups in total. The van der Waals surface area contributed by atoms with E-state index in [0.717, 1.165) is 14.5 Å². The summed E-state index contributed by atoms with van der Waals surface area (Å²) in [6, 6.07) is 6.45. The average molecular weight is 453 g/mol. The number of carbonyl (C=O) groups excluding carboxylic acids is 1. The van der Waals surface area contributed by atoms with Gasteiger partial charge in [-0.2, -0.15) is 0 Å². The third kappa shape index (κ3) is 5.18. The molecule has 0 heterocycles. The zero-order valence-electron chi connectivity index (χ0n) is 14.2. The molecule has 0 aromatic heterocycles. The smallest absolute Gasteiger partial charge is 0.244 e. The van der Waals surface area contributed by atoms with E-state index in [1.807, 2.05) is 32.1 Å². The van der Waals surface area contributed by atoms with Crippen LogP contribution in [-0.4, -0.2) is 12.5 Å². The Morgan fingerprint density at radius 1 is 1.25 bits per heavy atom. The Labute approximate surface area is 161 Å². The largest absolute Gasteiger partial charge is 0.349 e. The summed E-state index contributed by atoms with van der Waals surface area (Å²) in [7, 11) is 0. The van der Waals surface area contributed by atoms with E-state index in [4.69, 9.17) is 0 Å². The lowest BCUT2D eigenvalue weighted by Crippen LogP contribution is -2.22. The van der Waals surface area contributed by atoms with Gasteiger partial charge < -0.3 is 5.32 Å². The Morgan fingerprint density at radius 3 is 2.67 bits per heavy atom. The maximum absolute atomic E-state index is 11.7. The molecule has 1 amide bonds. The molecule has 1 aliphatic carbocycles. The first-order chi connectivity index (χ1) is 11.4. The first-order valence-corrected chi connectivity index (χ1v) is 9.72. The van der Waals surface area contributed by atoms with Gasteiger partial charge in [0.2, 0.25) is 5.91 Å². The van der Waals surface area contributed by atoms with Gasteiger partial charge in [-0.25, -0.2) is 0 Å². The van der Waals surface area contributed by atoms with Crippen molar-refractivity contribution in [1.29, 1.82) is 0 Å². The Balaban J connectivity index is 1.85. The fourth-order valence-corrected chi connectivity index (χ4v) is 3.40. The normalized spacial score (nSPS) is 23.9. The molecule has 3 unspecified atom stereocenters.